The molecule has 0 aliphatic heterocycles. The lowest BCUT2D eigenvalue weighted by Gasteiger charge is -2.09. The number of fused-ring (bicyclic) bond motifs is 2. The molecule has 0 spiro atoms. The number of rotatable bonds is 5. The van der Waals surface area contributed by atoms with Crippen LogP contribution in [-0.2, 0) is 12.3 Å². The molecule has 2 aromatic carbocycles. The van der Waals surface area contributed by atoms with E-state index in [2.05, 4.69) is 31.8 Å². The minimum absolute atomic E-state index is 0.592. The second-order valence-corrected chi connectivity index (χ2v) is 7.66. The van der Waals surface area contributed by atoms with Gasteiger partial charge in [-0.1, -0.05) is 53.7 Å². The molecule has 0 amide bonds. The van der Waals surface area contributed by atoms with Crippen molar-refractivity contribution in [1.82, 2.24) is 29.1 Å². The first kappa shape index (κ1) is 17.2. The summed E-state index contributed by atoms with van der Waals surface area (Å²) >= 11 is 7.72. The number of thioether (sulfide) groups is 1. The average molecular weight is 407 g/mol. The molecule has 6 nitrogen and oxygen atoms in total. The summed E-state index contributed by atoms with van der Waals surface area (Å²) in [7, 11) is 0. The maximum absolute atomic E-state index is 6.17. The summed E-state index contributed by atoms with van der Waals surface area (Å²) in [6.07, 6.45) is 3.55. The highest BCUT2D eigenvalue weighted by Crippen LogP contribution is 2.26. The fourth-order valence-electron chi connectivity index (χ4n) is 3.11. The second-order valence-electron chi connectivity index (χ2n) is 6.28. The number of nitrogens with zero attached hydrogens (tertiary/aromatic N) is 6. The van der Waals surface area contributed by atoms with Crippen LogP contribution in [0.25, 0.3) is 16.8 Å². The highest BCUT2D eigenvalue weighted by atomic mass is 35.5. The van der Waals surface area contributed by atoms with Crippen LogP contribution in [0, 0.1) is 0 Å². The predicted octanol–water partition coefficient (Wildman–Crippen LogP) is 4.47. The Morgan fingerprint density at radius 2 is 1.89 bits per heavy atom. The smallest absolute Gasteiger partial charge is 0.253 e. The first-order valence-electron chi connectivity index (χ1n) is 8.75. The van der Waals surface area contributed by atoms with E-state index < -0.39 is 0 Å². The Bertz CT molecular complexity index is 1230. The molecule has 3 aromatic heterocycles. The van der Waals surface area contributed by atoms with Gasteiger partial charge < -0.3 is 4.57 Å². The summed E-state index contributed by atoms with van der Waals surface area (Å²) in [5.74, 6) is 2.20. The van der Waals surface area contributed by atoms with Gasteiger partial charge in [0.1, 0.15) is 5.82 Å². The number of hydrogen-bond acceptors (Lipinski definition) is 5. The minimum Gasteiger partial charge on any atom is -0.323 e. The third-order valence-corrected chi connectivity index (χ3v) is 5.47. The van der Waals surface area contributed by atoms with Crippen molar-refractivity contribution in [3.8, 4) is 0 Å². The summed E-state index contributed by atoms with van der Waals surface area (Å²) in [5.41, 5.74) is 3.18. The van der Waals surface area contributed by atoms with E-state index >= 15 is 0 Å². The molecule has 0 aliphatic rings. The molecule has 28 heavy (non-hydrogen) atoms. The third kappa shape index (κ3) is 3.34. The molecular formula is C20H15ClN6S. The zero-order valence-electron chi connectivity index (χ0n) is 14.7. The Balaban J connectivity index is 1.49. The van der Waals surface area contributed by atoms with Crippen LogP contribution in [0.1, 0.15) is 11.4 Å². The van der Waals surface area contributed by atoms with E-state index in [0.717, 1.165) is 23.4 Å². The van der Waals surface area contributed by atoms with Crippen LogP contribution in [0.5, 0.6) is 0 Å². The molecule has 8 heteroatoms. The van der Waals surface area contributed by atoms with Crippen LogP contribution in [0.15, 0.2) is 72.1 Å². The van der Waals surface area contributed by atoms with Crippen molar-refractivity contribution in [2.75, 3.05) is 0 Å². The van der Waals surface area contributed by atoms with Crippen LogP contribution in [0.2, 0.25) is 5.02 Å². The van der Waals surface area contributed by atoms with E-state index in [-0.39, 0.29) is 0 Å². The number of halogens is 1. The van der Waals surface area contributed by atoms with Crippen molar-refractivity contribution in [2.45, 2.75) is 17.5 Å². The molecule has 0 unspecified atom stereocenters. The number of imidazole rings is 1. The first-order valence-corrected chi connectivity index (χ1v) is 10.1. The summed E-state index contributed by atoms with van der Waals surface area (Å²) in [6, 6.07) is 18.0. The van der Waals surface area contributed by atoms with Crippen LogP contribution >= 0.6 is 23.4 Å². The van der Waals surface area contributed by atoms with Gasteiger partial charge in [-0.05, 0) is 29.8 Å². The lowest BCUT2D eigenvalue weighted by Crippen LogP contribution is -2.04. The molecule has 0 saturated heterocycles. The van der Waals surface area contributed by atoms with Crippen molar-refractivity contribution in [1.29, 1.82) is 0 Å². The zero-order chi connectivity index (χ0) is 18.9. The van der Waals surface area contributed by atoms with Crippen molar-refractivity contribution in [3.63, 3.8) is 0 Å². The maximum Gasteiger partial charge on any atom is 0.253 e. The van der Waals surface area contributed by atoms with E-state index in [9.17, 15) is 0 Å². The van der Waals surface area contributed by atoms with E-state index in [1.54, 1.807) is 22.5 Å². The van der Waals surface area contributed by atoms with Gasteiger partial charge >= 0.3 is 0 Å². The lowest BCUT2D eigenvalue weighted by atomic mass is 10.2. The minimum atomic E-state index is 0.592. The van der Waals surface area contributed by atoms with Gasteiger partial charge in [0.25, 0.3) is 5.78 Å². The number of aromatic nitrogens is 6. The third-order valence-electron chi connectivity index (χ3n) is 4.40. The van der Waals surface area contributed by atoms with Crippen LogP contribution in [-0.4, -0.2) is 29.1 Å². The van der Waals surface area contributed by atoms with Gasteiger partial charge in [-0.15, -0.1) is 5.10 Å². The Kier molecular flexibility index (Phi) is 4.46. The predicted molar refractivity (Wildman–Crippen MR) is 111 cm³/mol. The quantitative estimate of drug-likeness (QED) is 0.403. The van der Waals surface area contributed by atoms with Crippen molar-refractivity contribution < 1.29 is 0 Å². The topological polar surface area (TPSA) is 60.9 Å². The molecule has 0 radical (unpaired) electrons. The largest absolute Gasteiger partial charge is 0.323 e. The van der Waals surface area contributed by atoms with Crippen molar-refractivity contribution in [2.24, 2.45) is 0 Å². The molecule has 138 valence electrons. The van der Waals surface area contributed by atoms with Gasteiger partial charge in [-0.2, -0.15) is 4.98 Å². The summed E-state index contributed by atoms with van der Waals surface area (Å²) in [5, 5.41) is 5.82. The standard InChI is InChI=1S/C20H15ClN6S/c21-15-7-8-17-16(11-15)23-18(26(17)12-14-5-2-1-3-6-14)13-28-20-24-19-22-9-4-10-27(19)25-20/h1-11H,12-13H2. The molecule has 0 saturated carbocycles. The number of hydrogen-bond donors (Lipinski definition) is 0. The average Bonchev–Trinajstić information content (AvgIpc) is 3.28. The Hall–Kier alpha value is -2.90. The molecule has 0 aliphatic carbocycles. The second kappa shape index (κ2) is 7.26. The van der Waals surface area contributed by atoms with Crippen LogP contribution in [0.4, 0.5) is 0 Å². The van der Waals surface area contributed by atoms with Crippen LogP contribution in [0.3, 0.4) is 0 Å². The molecule has 0 atom stereocenters. The molecule has 5 rings (SSSR count). The molecule has 0 fully saturated rings. The molecule has 0 N–H and O–H groups in total. The number of benzene rings is 2. The van der Waals surface area contributed by atoms with Crippen molar-refractivity contribution >= 4 is 40.2 Å². The summed E-state index contributed by atoms with van der Waals surface area (Å²) in [4.78, 5) is 13.5. The van der Waals surface area contributed by atoms with Crippen LogP contribution < -0.4 is 0 Å². The highest BCUT2D eigenvalue weighted by Gasteiger charge is 2.14. The fraction of sp³-hybridized carbons (Fsp3) is 0.100. The fourth-order valence-corrected chi connectivity index (χ4v) is 4.05. The summed E-state index contributed by atoms with van der Waals surface area (Å²) in [6.45, 7) is 0.745. The Morgan fingerprint density at radius 3 is 2.75 bits per heavy atom. The van der Waals surface area contributed by atoms with Gasteiger partial charge in [-0.25, -0.2) is 14.5 Å². The van der Waals surface area contributed by atoms with Crippen molar-refractivity contribution in [3.05, 3.63) is 83.4 Å². The van der Waals surface area contributed by atoms with E-state index in [1.807, 2.05) is 48.7 Å². The van der Waals surface area contributed by atoms with Gasteiger partial charge in [0.15, 0.2) is 0 Å². The maximum atomic E-state index is 6.17. The highest BCUT2D eigenvalue weighted by molar-refractivity contribution is 7.98. The van der Waals surface area contributed by atoms with Gasteiger partial charge in [0, 0.05) is 24.0 Å². The van der Waals surface area contributed by atoms with Gasteiger partial charge in [-0.3, -0.25) is 0 Å². The molecular weight excluding hydrogens is 392 g/mol. The van der Waals surface area contributed by atoms with E-state index in [0.29, 0.717) is 21.7 Å². The normalized spacial score (nSPS) is 11.5. The SMILES string of the molecule is Clc1ccc2c(c1)nc(CSc1nc3ncccn3n1)n2Cc1ccccc1. The van der Waals surface area contributed by atoms with Gasteiger partial charge in [0.05, 0.1) is 16.8 Å². The summed E-state index contributed by atoms with van der Waals surface area (Å²) < 4.78 is 3.90. The lowest BCUT2D eigenvalue weighted by molar-refractivity contribution is 0.779. The Morgan fingerprint density at radius 1 is 1.00 bits per heavy atom. The van der Waals surface area contributed by atoms with Gasteiger partial charge in [0.2, 0.25) is 5.16 Å². The van der Waals surface area contributed by atoms with E-state index in [1.165, 1.54) is 5.56 Å². The molecule has 3 heterocycles. The van der Waals surface area contributed by atoms with E-state index in [4.69, 9.17) is 16.6 Å². The monoisotopic (exact) mass is 406 g/mol. The Labute approximate surface area is 170 Å². The molecule has 0 bridgehead atoms. The molecule has 5 aromatic rings. The zero-order valence-corrected chi connectivity index (χ0v) is 16.3. The first-order chi connectivity index (χ1) is 13.8.